The Hall–Kier alpha value is -2.41. The molecule has 2 aliphatic rings. The number of carbonyl (C=O) groups is 3. The second-order valence-electron chi connectivity index (χ2n) is 6.76. The highest BCUT2D eigenvalue weighted by molar-refractivity contribution is 6.05. The van der Waals surface area contributed by atoms with Crippen molar-refractivity contribution < 1.29 is 14.4 Å². The van der Waals surface area contributed by atoms with E-state index in [-0.39, 0.29) is 18.4 Å². The zero-order valence-corrected chi connectivity index (χ0v) is 14.4. The normalized spacial score (nSPS) is 21.7. The van der Waals surface area contributed by atoms with Crippen molar-refractivity contribution in [3.8, 4) is 0 Å². The molecule has 2 aliphatic heterocycles. The number of amides is 4. The molecule has 2 fully saturated rings. The van der Waals surface area contributed by atoms with Crippen molar-refractivity contribution in [1.82, 2.24) is 20.9 Å². The van der Waals surface area contributed by atoms with Gasteiger partial charge in [0.1, 0.15) is 6.04 Å². The van der Waals surface area contributed by atoms with E-state index in [0.29, 0.717) is 0 Å². The van der Waals surface area contributed by atoms with E-state index in [1.165, 1.54) is 11.1 Å². The molecule has 2 heterocycles. The highest BCUT2D eigenvalue weighted by atomic mass is 16.2. The highest BCUT2D eigenvalue weighted by Gasteiger charge is 2.32. The van der Waals surface area contributed by atoms with Crippen LogP contribution in [0.3, 0.4) is 0 Å². The minimum atomic E-state index is -0.756. The summed E-state index contributed by atoms with van der Waals surface area (Å²) in [7, 11) is 0. The molecule has 2 saturated heterocycles. The average Bonchev–Trinajstić information content (AvgIpc) is 2.88. The summed E-state index contributed by atoms with van der Waals surface area (Å²) in [4.78, 5) is 37.0. The number of piperidine rings is 1. The number of urea groups is 1. The SMILES string of the molecule is Cc1ccccc1CN1CCC(NC(=O)C[C@@H]2NC(=O)NC2=O)CC1. The van der Waals surface area contributed by atoms with Gasteiger partial charge in [-0.1, -0.05) is 24.3 Å². The lowest BCUT2D eigenvalue weighted by Crippen LogP contribution is -2.46. The number of benzene rings is 1. The first-order valence-electron chi connectivity index (χ1n) is 8.69. The summed E-state index contributed by atoms with van der Waals surface area (Å²) in [5.41, 5.74) is 2.64. The van der Waals surface area contributed by atoms with Crippen LogP contribution in [0, 0.1) is 6.92 Å². The number of nitrogens with zero attached hydrogens (tertiary/aromatic N) is 1. The van der Waals surface area contributed by atoms with Crippen molar-refractivity contribution >= 4 is 17.8 Å². The van der Waals surface area contributed by atoms with Gasteiger partial charge < -0.3 is 10.6 Å². The number of carbonyl (C=O) groups excluding carboxylic acids is 3. The number of aryl methyl sites for hydroxylation is 1. The molecule has 134 valence electrons. The van der Waals surface area contributed by atoms with Crippen LogP contribution in [0.4, 0.5) is 4.79 Å². The number of rotatable bonds is 5. The number of hydrogen-bond acceptors (Lipinski definition) is 4. The Balaban J connectivity index is 1.42. The smallest absolute Gasteiger partial charge is 0.322 e. The largest absolute Gasteiger partial charge is 0.353 e. The molecule has 0 aromatic heterocycles. The minimum Gasteiger partial charge on any atom is -0.353 e. The van der Waals surface area contributed by atoms with Crippen LogP contribution >= 0.6 is 0 Å². The topological polar surface area (TPSA) is 90.5 Å². The van der Waals surface area contributed by atoms with Gasteiger partial charge in [0, 0.05) is 25.7 Å². The Morgan fingerprint density at radius 3 is 2.60 bits per heavy atom. The standard InChI is InChI=1S/C18H24N4O3/c1-12-4-2-3-5-13(12)11-22-8-6-14(7-9-22)19-16(23)10-15-17(24)21-18(25)20-15/h2-5,14-15H,6-11H2,1H3,(H,19,23)(H2,20,21,24,25)/t15-/m0/s1. The molecule has 0 bridgehead atoms. The lowest BCUT2D eigenvalue weighted by molar-refractivity contribution is -0.127. The molecule has 25 heavy (non-hydrogen) atoms. The number of nitrogens with one attached hydrogen (secondary N) is 3. The van der Waals surface area contributed by atoms with E-state index in [2.05, 4.69) is 46.0 Å². The fraction of sp³-hybridized carbons (Fsp3) is 0.500. The zero-order valence-electron chi connectivity index (χ0n) is 14.4. The summed E-state index contributed by atoms with van der Waals surface area (Å²) in [6, 6.07) is 7.23. The van der Waals surface area contributed by atoms with Crippen LogP contribution in [-0.2, 0) is 16.1 Å². The fourth-order valence-electron chi connectivity index (χ4n) is 3.34. The van der Waals surface area contributed by atoms with Crippen LogP contribution in [0.1, 0.15) is 30.4 Å². The van der Waals surface area contributed by atoms with Gasteiger partial charge in [0.05, 0.1) is 6.42 Å². The molecule has 0 radical (unpaired) electrons. The number of hydrogen-bond donors (Lipinski definition) is 3. The quantitative estimate of drug-likeness (QED) is 0.685. The van der Waals surface area contributed by atoms with Gasteiger partial charge in [-0.15, -0.1) is 0 Å². The molecule has 4 amide bonds. The first-order valence-corrected chi connectivity index (χ1v) is 8.69. The molecule has 1 aromatic rings. The number of likely N-dealkylation sites (tertiary alicyclic amines) is 1. The van der Waals surface area contributed by atoms with Crippen molar-refractivity contribution in [2.24, 2.45) is 0 Å². The summed E-state index contributed by atoms with van der Waals surface area (Å²) < 4.78 is 0. The van der Waals surface area contributed by atoms with E-state index in [0.717, 1.165) is 32.5 Å². The van der Waals surface area contributed by atoms with Crippen LogP contribution in [-0.4, -0.2) is 47.9 Å². The Morgan fingerprint density at radius 1 is 1.24 bits per heavy atom. The fourth-order valence-corrected chi connectivity index (χ4v) is 3.34. The lowest BCUT2D eigenvalue weighted by Gasteiger charge is -2.32. The molecular formula is C18H24N4O3. The van der Waals surface area contributed by atoms with E-state index >= 15 is 0 Å². The second kappa shape index (κ2) is 7.65. The molecule has 0 unspecified atom stereocenters. The Labute approximate surface area is 147 Å². The van der Waals surface area contributed by atoms with Crippen molar-refractivity contribution in [3.05, 3.63) is 35.4 Å². The molecule has 0 saturated carbocycles. The Bertz CT molecular complexity index is 668. The van der Waals surface area contributed by atoms with Gasteiger partial charge in [0.15, 0.2) is 0 Å². The predicted octanol–water partition coefficient (Wildman–Crippen LogP) is 0.674. The first kappa shape index (κ1) is 17.4. The molecule has 3 N–H and O–H groups in total. The highest BCUT2D eigenvalue weighted by Crippen LogP contribution is 2.16. The Morgan fingerprint density at radius 2 is 1.96 bits per heavy atom. The summed E-state index contributed by atoms with van der Waals surface area (Å²) in [5, 5.41) is 7.56. The van der Waals surface area contributed by atoms with E-state index in [4.69, 9.17) is 0 Å². The molecule has 7 nitrogen and oxygen atoms in total. The molecule has 1 aromatic carbocycles. The Kier molecular flexibility index (Phi) is 5.33. The number of imide groups is 1. The van der Waals surface area contributed by atoms with Gasteiger partial charge in [-0.05, 0) is 30.9 Å². The van der Waals surface area contributed by atoms with Gasteiger partial charge >= 0.3 is 6.03 Å². The summed E-state index contributed by atoms with van der Waals surface area (Å²) in [5.74, 6) is -0.632. The maximum atomic E-state index is 12.1. The third kappa shape index (κ3) is 4.57. The summed E-state index contributed by atoms with van der Waals surface area (Å²) in [6.45, 7) is 4.92. The van der Waals surface area contributed by atoms with Crippen LogP contribution in [0.2, 0.25) is 0 Å². The van der Waals surface area contributed by atoms with Crippen LogP contribution < -0.4 is 16.0 Å². The molecule has 1 atom stereocenters. The third-order valence-electron chi connectivity index (χ3n) is 4.86. The maximum absolute atomic E-state index is 12.1. The van der Waals surface area contributed by atoms with E-state index in [1.807, 2.05) is 6.07 Å². The second-order valence-corrected chi connectivity index (χ2v) is 6.76. The first-order chi connectivity index (χ1) is 12.0. The van der Waals surface area contributed by atoms with Gasteiger partial charge in [-0.25, -0.2) is 4.79 Å². The summed E-state index contributed by atoms with van der Waals surface area (Å²) in [6.07, 6.45) is 1.77. The van der Waals surface area contributed by atoms with Crippen LogP contribution in [0.25, 0.3) is 0 Å². The van der Waals surface area contributed by atoms with Crippen molar-refractivity contribution in [2.75, 3.05) is 13.1 Å². The molecular weight excluding hydrogens is 320 g/mol. The average molecular weight is 344 g/mol. The molecule has 0 spiro atoms. The van der Waals surface area contributed by atoms with Crippen LogP contribution in [0.15, 0.2) is 24.3 Å². The van der Waals surface area contributed by atoms with Gasteiger partial charge in [0.2, 0.25) is 5.91 Å². The third-order valence-corrected chi connectivity index (χ3v) is 4.86. The van der Waals surface area contributed by atoms with Crippen molar-refractivity contribution in [3.63, 3.8) is 0 Å². The van der Waals surface area contributed by atoms with Crippen molar-refractivity contribution in [2.45, 2.75) is 44.8 Å². The van der Waals surface area contributed by atoms with E-state index in [1.54, 1.807) is 0 Å². The van der Waals surface area contributed by atoms with Gasteiger partial charge in [-0.2, -0.15) is 0 Å². The monoisotopic (exact) mass is 344 g/mol. The lowest BCUT2D eigenvalue weighted by atomic mass is 10.0. The minimum absolute atomic E-state index is 0.0129. The summed E-state index contributed by atoms with van der Waals surface area (Å²) >= 11 is 0. The van der Waals surface area contributed by atoms with Crippen LogP contribution in [0.5, 0.6) is 0 Å². The predicted molar refractivity (Wildman–Crippen MR) is 92.7 cm³/mol. The molecule has 3 rings (SSSR count). The zero-order chi connectivity index (χ0) is 17.8. The van der Waals surface area contributed by atoms with Gasteiger partial charge in [0.25, 0.3) is 5.91 Å². The molecule has 0 aliphatic carbocycles. The van der Waals surface area contributed by atoms with Gasteiger partial charge in [-0.3, -0.25) is 19.8 Å². The van der Waals surface area contributed by atoms with Crippen molar-refractivity contribution in [1.29, 1.82) is 0 Å². The maximum Gasteiger partial charge on any atom is 0.322 e. The van der Waals surface area contributed by atoms with E-state index < -0.39 is 18.0 Å². The molecule has 7 heteroatoms. The van der Waals surface area contributed by atoms with E-state index in [9.17, 15) is 14.4 Å².